The van der Waals surface area contributed by atoms with E-state index in [0.29, 0.717) is 28.8 Å². The molecule has 5 rings (SSSR count). The number of rotatable bonds is 6. The second-order valence-electron chi connectivity index (χ2n) is 9.86. The molecule has 2 N–H and O–H groups in total. The predicted molar refractivity (Wildman–Crippen MR) is 147 cm³/mol. The number of fused-ring (bicyclic) bond motifs is 1. The maximum Gasteiger partial charge on any atom is 0.251 e. The zero-order valence-electron chi connectivity index (χ0n) is 21.6. The van der Waals surface area contributed by atoms with Crippen LogP contribution in [0, 0.1) is 12.7 Å². The zero-order chi connectivity index (χ0) is 28.8. The summed E-state index contributed by atoms with van der Waals surface area (Å²) in [6.07, 6.45) is -0.210. The summed E-state index contributed by atoms with van der Waals surface area (Å²) in [5.74, 6) is -3.42. The number of aromatic hydroxyl groups is 1. The van der Waals surface area contributed by atoms with Crippen LogP contribution in [0.15, 0.2) is 51.7 Å². The van der Waals surface area contributed by atoms with E-state index in [1.807, 2.05) is 0 Å². The van der Waals surface area contributed by atoms with Gasteiger partial charge in [0.1, 0.15) is 22.3 Å². The summed E-state index contributed by atoms with van der Waals surface area (Å²) >= 11 is 6.16. The minimum absolute atomic E-state index is 0.0157. The van der Waals surface area contributed by atoms with Gasteiger partial charge in [0.25, 0.3) is 5.92 Å². The number of aromatic nitrogens is 1. The molecular weight excluding hydrogens is 547 g/mol. The van der Waals surface area contributed by atoms with Crippen LogP contribution in [0.25, 0.3) is 22.2 Å². The smallest absolute Gasteiger partial charge is 0.251 e. The number of aldehydes is 1. The van der Waals surface area contributed by atoms with E-state index in [1.54, 1.807) is 30.0 Å². The van der Waals surface area contributed by atoms with Gasteiger partial charge in [0.05, 0.1) is 33.9 Å². The van der Waals surface area contributed by atoms with E-state index in [1.165, 1.54) is 25.1 Å². The summed E-state index contributed by atoms with van der Waals surface area (Å²) in [6, 6.07) is 9.34. The molecule has 3 heterocycles. The number of piperidine rings is 1. The highest BCUT2D eigenvalue weighted by Gasteiger charge is 2.35. The second-order valence-corrected chi connectivity index (χ2v) is 10.3. The van der Waals surface area contributed by atoms with Crippen LogP contribution in [0.4, 0.5) is 24.7 Å². The first kappa shape index (κ1) is 27.5. The zero-order valence-corrected chi connectivity index (χ0v) is 22.4. The molecule has 1 unspecified atom stereocenters. The van der Waals surface area contributed by atoms with Crippen molar-refractivity contribution in [2.45, 2.75) is 38.7 Å². The first-order valence-corrected chi connectivity index (χ1v) is 13.0. The van der Waals surface area contributed by atoms with Crippen molar-refractivity contribution in [3.63, 3.8) is 0 Å². The molecule has 1 atom stereocenters. The molecule has 0 spiro atoms. The lowest BCUT2D eigenvalue weighted by atomic mass is 10.0. The lowest BCUT2D eigenvalue weighted by Crippen LogP contribution is -2.40. The molecular formula is C29H25ClF3N3O4. The summed E-state index contributed by atoms with van der Waals surface area (Å²) in [5.41, 5.74) is 1.65. The highest BCUT2D eigenvalue weighted by Crippen LogP contribution is 2.37. The summed E-state index contributed by atoms with van der Waals surface area (Å²) in [4.78, 5) is 30.6. The second kappa shape index (κ2) is 10.5. The number of benzene rings is 2. The van der Waals surface area contributed by atoms with Crippen molar-refractivity contribution in [2.75, 3.05) is 23.3 Å². The van der Waals surface area contributed by atoms with E-state index in [2.05, 4.69) is 10.3 Å². The van der Waals surface area contributed by atoms with Crippen molar-refractivity contribution >= 4 is 40.4 Å². The standard InChI is InChI=1S/C29H25ClF3N3O4/c1-15-26(39)21-13-19(31)12-20(27(21)40-28(15)36-9-7-29(32,33)8-10-36)16(2)34-22-4-6-24(30)35-25(22)17-3-5-23(38)18(11-17)14-37/h3-6,11-14,16,34,38H,7-10H2,1-2H3. The average molecular weight is 572 g/mol. The van der Waals surface area contributed by atoms with Gasteiger partial charge >= 0.3 is 0 Å². The molecule has 4 aromatic rings. The van der Waals surface area contributed by atoms with Gasteiger partial charge in [0.2, 0.25) is 5.88 Å². The molecule has 1 aliphatic heterocycles. The Kier molecular flexibility index (Phi) is 7.22. The predicted octanol–water partition coefficient (Wildman–Crippen LogP) is 6.88. The Morgan fingerprint density at radius 2 is 1.90 bits per heavy atom. The maximum atomic E-state index is 14.8. The van der Waals surface area contributed by atoms with E-state index in [9.17, 15) is 27.9 Å². The van der Waals surface area contributed by atoms with Gasteiger partial charge in [-0.25, -0.2) is 18.2 Å². The van der Waals surface area contributed by atoms with Crippen molar-refractivity contribution < 1.29 is 27.5 Å². The van der Waals surface area contributed by atoms with Crippen LogP contribution in [-0.4, -0.2) is 35.4 Å². The van der Waals surface area contributed by atoms with Crippen LogP contribution < -0.4 is 15.6 Å². The summed E-state index contributed by atoms with van der Waals surface area (Å²) < 4.78 is 48.5. The van der Waals surface area contributed by atoms with Gasteiger partial charge in [-0.3, -0.25) is 9.59 Å². The van der Waals surface area contributed by atoms with Gasteiger partial charge in [-0.2, -0.15) is 0 Å². The molecule has 11 heteroatoms. The van der Waals surface area contributed by atoms with Gasteiger partial charge in [-0.15, -0.1) is 0 Å². The molecule has 2 aromatic carbocycles. The number of halogens is 4. The normalized spacial score (nSPS) is 15.7. The van der Waals surface area contributed by atoms with Crippen molar-refractivity contribution in [3.8, 4) is 17.0 Å². The lowest BCUT2D eigenvalue weighted by Gasteiger charge is -2.33. The van der Waals surface area contributed by atoms with Gasteiger partial charge in [-0.05, 0) is 56.3 Å². The number of pyridine rings is 1. The summed E-state index contributed by atoms with van der Waals surface area (Å²) in [5, 5.41) is 13.4. The fourth-order valence-corrected chi connectivity index (χ4v) is 5.06. The highest BCUT2D eigenvalue weighted by molar-refractivity contribution is 6.29. The van der Waals surface area contributed by atoms with Crippen molar-refractivity contribution in [3.05, 3.63) is 80.3 Å². The van der Waals surface area contributed by atoms with Crippen molar-refractivity contribution in [2.24, 2.45) is 0 Å². The number of carbonyl (C=O) groups is 1. The van der Waals surface area contributed by atoms with E-state index in [-0.39, 0.29) is 64.8 Å². The fourth-order valence-electron chi connectivity index (χ4n) is 4.91. The van der Waals surface area contributed by atoms with E-state index < -0.39 is 23.2 Å². The van der Waals surface area contributed by atoms with Crippen LogP contribution in [0.2, 0.25) is 5.15 Å². The number of hydrogen-bond donors (Lipinski definition) is 2. The first-order chi connectivity index (χ1) is 19.0. The molecule has 0 radical (unpaired) electrons. The topological polar surface area (TPSA) is 95.7 Å². The van der Waals surface area contributed by atoms with Crippen LogP contribution in [0.5, 0.6) is 5.75 Å². The van der Waals surface area contributed by atoms with Gasteiger partial charge < -0.3 is 19.7 Å². The minimum Gasteiger partial charge on any atom is -0.507 e. The molecule has 40 heavy (non-hydrogen) atoms. The quantitative estimate of drug-likeness (QED) is 0.192. The Labute approximate surface area is 232 Å². The molecule has 0 amide bonds. The molecule has 208 valence electrons. The number of nitrogens with one attached hydrogen (secondary N) is 1. The molecule has 0 aliphatic carbocycles. The molecule has 7 nitrogen and oxygen atoms in total. The Hall–Kier alpha value is -4.05. The molecule has 2 aromatic heterocycles. The number of phenolic OH excluding ortho intramolecular Hbond substituents is 1. The third-order valence-electron chi connectivity index (χ3n) is 7.10. The Balaban J connectivity index is 1.58. The maximum absolute atomic E-state index is 14.8. The summed E-state index contributed by atoms with van der Waals surface area (Å²) in [6.45, 7) is 3.31. The van der Waals surface area contributed by atoms with E-state index in [4.69, 9.17) is 16.0 Å². The SMILES string of the molecule is Cc1c(N2CCC(F)(F)CC2)oc2c(C(C)Nc3ccc(Cl)nc3-c3ccc(O)c(C=O)c3)cc(F)cc2c1=O. The van der Waals surface area contributed by atoms with E-state index in [0.717, 1.165) is 6.07 Å². The lowest BCUT2D eigenvalue weighted by molar-refractivity contribution is -0.0225. The Morgan fingerprint density at radius 3 is 2.60 bits per heavy atom. The van der Waals surface area contributed by atoms with E-state index >= 15 is 0 Å². The van der Waals surface area contributed by atoms with Gasteiger partial charge in [-0.1, -0.05) is 11.6 Å². The number of carbonyl (C=O) groups excluding carboxylic acids is 1. The largest absolute Gasteiger partial charge is 0.507 e. The monoisotopic (exact) mass is 571 g/mol. The number of alkyl halides is 2. The number of phenols is 1. The van der Waals surface area contributed by atoms with Gasteiger partial charge in [0.15, 0.2) is 11.7 Å². The van der Waals surface area contributed by atoms with Crippen LogP contribution in [0.1, 0.15) is 47.3 Å². The fraction of sp³-hybridized carbons (Fsp3) is 0.276. The number of anilines is 2. The molecule has 0 bridgehead atoms. The minimum atomic E-state index is -2.78. The van der Waals surface area contributed by atoms with Crippen LogP contribution in [-0.2, 0) is 0 Å². The van der Waals surface area contributed by atoms with Crippen molar-refractivity contribution in [1.29, 1.82) is 0 Å². The molecule has 1 saturated heterocycles. The molecule has 0 saturated carbocycles. The first-order valence-electron chi connectivity index (χ1n) is 12.6. The third-order valence-corrected chi connectivity index (χ3v) is 7.31. The van der Waals surface area contributed by atoms with Crippen LogP contribution >= 0.6 is 11.6 Å². The summed E-state index contributed by atoms with van der Waals surface area (Å²) in [7, 11) is 0. The van der Waals surface area contributed by atoms with Crippen molar-refractivity contribution in [1.82, 2.24) is 4.98 Å². The Bertz CT molecular complexity index is 1680. The molecule has 1 aliphatic rings. The molecule has 1 fully saturated rings. The average Bonchev–Trinajstić information content (AvgIpc) is 2.92. The number of nitrogens with zero attached hydrogens (tertiary/aromatic N) is 2. The van der Waals surface area contributed by atoms with Gasteiger partial charge in [0, 0.05) is 37.1 Å². The van der Waals surface area contributed by atoms with Crippen LogP contribution in [0.3, 0.4) is 0 Å². The Morgan fingerprint density at radius 1 is 1.18 bits per heavy atom. The third kappa shape index (κ3) is 5.23. The highest BCUT2D eigenvalue weighted by atomic mass is 35.5. The number of hydrogen-bond acceptors (Lipinski definition) is 7.